The number of aromatic nitrogens is 2. The second-order valence-electron chi connectivity index (χ2n) is 7.90. The molecule has 0 unspecified atom stereocenters. The first-order valence-electron chi connectivity index (χ1n) is 10.4. The standard InChI is InChI=1S/C27H18N2O4/c1-29-15-18(14-23-26(31)25-20(30)4-2-5-22(25)33-23)24-19(11-12-28-27(24)29)16-7-9-17(10-8-16)21-6-3-13-32-21/h2-15,30H,1H3/b23-14-. The Bertz CT molecular complexity index is 1560. The number of pyridine rings is 1. The maximum absolute atomic E-state index is 12.9. The van der Waals surface area contributed by atoms with Crippen LogP contribution in [0.3, 0.4) is 0 Å². The minimum atomic E-state index is -0.339. The van der Waals surface area contributed by atoms with Crippen LogP contribution in [0.25, 0.3) is 39.6 Å². The summed E-state index contributed by atoms with van der Waals surface area (Å²) in [7, 11) is 1.92. The lowest BCUT2D eigenvalue weighted by Crippen LogP contribution is -1.98. The number of carbonyl (C=O) groups excluding carboxylic acids is 1. The lowest BCUT2D eigenvalue weighted by molar-refractivity contribution is 0.101. The monoisotopic (exact) mass is 434 g/mol. The molecule has 0 aliphatic carbocycles. The van der Waals surface area contributed by atoms with Crippen LogP contribution in [0.15, 0.2) is 89.5 Å². The predicted octanol–water partition coefficient (Wildman–Crippen LogP) is 5.82. The zero-order valence-corrected chi connectivity index (χ0v) is 17.6. The van der Waals surface area contributed by atoms with Crippen molar-refractivity contribution in [2.45, 2.75) is 0 Å². The van der Waals surface area contributed by atoms with Crippen LogP contribution in [0.2, 0.25) is 0 Å². The second kappa shape index (κ2) is 7.24. The zero-order chi connectivity index (χ0) is 22.5. The Morgan fingerprint density at radius 2 is 1.82 bits per heavy atom. The number of phenolic OH excluding ortho intramolecular Hbond substituents is 1. The number of nitrogens with zero attached hydrogens (tertiary/aromatic N) is 2. The van der Waals surface area contributed by atoms with Gasteiger partial charge in [0.25, 0.3) is 0 Å². The SMILES string of the molecule is Cn1cc(/C=C2\Oc3cccc(O)c3C2=O)c2c(-c3ccc(-c4ccco4)cc3)ccnc21. The molecule has 160 valence electrons. The van der Waals surface area contributed by atoms with Gasteiger partial charge >= 0.3 is 0 Å². The number of rotatable bonds is 3. The Morgan fingerprint density at radius 3 is 2.58 bits per heavy atom. The van der Waals surface area contributed by atoms with Gasteiger partial charge in [-0.05, 0) is 47.5 Å². The van der Waals surface area contributed by atoms with E-state index in [1.54, 1.807) is 30.7 Å². The third kappa shape index (κ3) is 3.03. The Kier molecular flexibility index (Phi) is 4.20. The van der Waals surface area contributed by atoms with Crippen molar-refractivity contribution in [1.82, 2.24) is 9.55 Å². The Morgan fingerprint density at radius 1 is 1.00 bits per heavy atom. The lowest BCUT2D eigenvalue weighted by atomic mass is 9.99. The quantitative estimate of drug-likeness (QED) is 0.362. The van der Waals surface area contributed by atoms with E-state index < -0.39 is 0 Å². The molecule has 4 heterocycles. The molecule has 33 heavy (non-hydrogen) atoms. The first kappa shape index (κ1) is 19.1. The highest BCUT2D eigenvalue weighted by atomic mass is 16.5. The minimum absolute atomic E-state index is 0.0853. The molecule has 0 bridgehead atoms. The summed E-state index contributed by atoms with van der Waals surface area (Å²) in [5.41, 5.74) is 4.79. The highest BCUT2D eigenvalue weighted by molar-refractivity contribution is 6.17. The number of hydrogen-bond acceptors (Lipinski definition) is 5. The van der Waals surface area contributed by atoms with Crippen LogP contribution >= 0.6 is 0 Å². The molecule has 0 amide bonds. The van der Waals surface area contributed by atoms with Gasteiger partial charge in [0.15, 0.2) is 5.76 Å². The Hall–Kier alpha value is -4.58. The van der Waals surface area contributed by atoms with E-state index in [0.29, 0.717) is 5.75 Å². The van der Waals surface area contributed by atoms with Crippen LogP contribution in [0.4, 0.5) is 0 Å². The van der Waals surface area contributed by atoms with Crippen LogP contribution < -0.4 is 4.74 Å². The van der Waals surface area contributed by atoms with Gasteiger partial charge in [0, 0.05) is 36.0 Å². The van der Waals surface area contributed by atoms with Crippen LogP contribution in [0.1, 0.15) is 15.9 Å². The summed E-state index contributed by atoms with van der Waals surface area (Å²) in [6, 6.07) is 18.7. The fourth-order valence-electron chi connectivity index (χ4n) is 4.30. The fraction of sp³-hybridized carbons (Fsp3) is 0.0370. The molecule has 1 N–H and O–H groups in total. The third-order valence-electron chi connectivity index (χ3n) is 5.85. The number of ether oxygens (including phenoxy) is 1. The summed E-state index contributed by atoms with van der Waals surface area (Å²) < 4.78 is 13.2. The van der Waals surface area contributed by atoms with Gasteiger partial charge in [-0.2, -0.15) is 0 Å². The highest BCUT2D eigenvalue weighted by Crippen LogP contribution is 2.39. The molecule has 0 spiro atoms. The second-order valence-corrected chi connectivity index (χ2v) is 7.90. The van der Waals surface area contributed by atoms with E-state index >= 15 is 0 Å². The highest BCUT2D eigenvalue weighted by Gasteiger charge is 2.30. The molecule has 6 nitrogen and oxygen atoms in total. The van der Waals surface area contributed by atoms with Crippen molar-refractivity contribution >= 4 is 22.9 Å². The third-order valence-corrected chi connectivity index (χ3v) is 5.85. The molecule has 0 fully saturated rings. The maximum Gasteiger partial charge on any atom is 0.235 e. The minimum Gasteiger partial charge on any atom is -0.507 e. The number of furan rings is 1. The normalized spacial score (nSPS) is 14.1. The van der Waals surface area contributed by atoms with E-state index in [-0.39, 0.29) is 22.9 Å². The van der Waals surface area contributed by atoms with Crippen molar-refractivity contribution in [2.75, 3.05) is 0 Å². The zero-order valence-electron chi connectivity index (χ0n) is 17.6. The molecular formula is C27H18N2O4. The van der Waals surface area contributed by atoms with Crippen LogP contribution in [-0.2, 0) is 7.05 Å². The topological polar surface area (TPSA) is 77.5 Å². The van der Waals surface area contributed by atoms with Gasteiger partial charge in [-0.15, -0.1) is 0 Å². The largest absolute Gasteiger partial charge is 0.507 e. The van der Waals surface area contributed by atoms with Crippen molar-refractivity contribution in [1.29, 1.82) is 0 Å². The van der Waals surface area contributed by atoms with E-state index in [1.165, 1.54) is 6.07 Å². The van der Waals surface area contributed by atoms with E-state index in [4.69, 9.17) is 9.15 Å². The van der Waals surface area contributed by atoms with E-state index in [9.17, 15) is 9.90 Å². The molecule has 6 rings (SSSR count). The molecule has 0 saturated carbocycles. The molecule has 6 heteroatoms. The fourth-order valence-corrected chi connectivity index (χ4v) is 4.30. The van der Waals surface area contributed by atoms with Gasteiger partial charge in [0.05, 0.1) is 6.26 Å². The first-order valence-corrected chi connectivity index (χ1v) is 10.4. The van der Waals surface area contributed by atoms with Crippen LogP contribution in [0, 0.1) is 0 Å². The first-order chi connectivity index (χ1) is 16.1. The lowest BCUT2D eigenvalue weighted by Gasteiger charge is -2.07. The van der Waals surface area contributed by atoms with Crippen LogP contribution in [0.5, 0.6) is 11.5 Å². The van der Waals surface area contributed by atoms with E-state index in [0.717, 1.165) is 39.0 Å². The van der Waals surface area contributed by atoms with Gasteiger partial charge in [-0.3, -0.25) is 4.79 Å². The predicted molar refractivity (Wildman–Crippen MR) is 125 cm³/mol. The average Bonchev–Trinajstić information content (AvgIpc) is 3.54. The summed E-state index contributed by atoms with van der Waals surface area (Å²) in [6.45, 7) is 0. The van der Waals surface area contributed by atoms with Gasteiger partial charge in [0.1, 0.15) is 28.5 Å². The Labute approximate surface area is 189 Å². The number of benzene rings is 2. The summed E-state index contributed by atoms with van der Waals surface area (Å²) >= 11 is 0. The summed E-state index contributed by atoms with van der Waals surface area (Å²) in [5, 5.41) is 11.0. The molecule has 1 aliphatic heterocycles. The maximum atomic E-state index is 12.9. The average molecular weight is 434 g/mol. The number of hydrogen-bond donors (Lipinski definition) is 1. The molecule has 1 aliphatic rings. The molecule has 3 aromatic heterocycles. The van der Waals surface area contributed by atoms with E-state index in [2.05, 4.69) is 4.98 Å². The number of carbonyl (C=O) groups is 1. The molecule has 0 atom stereocenters. The number of fused-ring (bicyclic) bond motifs is 2. The molecule has 5 aromatic rings. The van der Waals surface area contributed by atoms with Crippen LogP contribution in [-0.4, -0.2) is 20.4 Å². The summed E-state index contributed by atoms with van der Waals surface area (Å²) in [4.78, 5) is 17.4. The van der Waals surface area contributed by atoms with Gasteiger partial charge in [0.2, 0.25) is 5.78 Å². The van der Waals surface area contributed by atoms with Crippen molar-refractivity contribution in [3.8, 4) is 33.9 Å². The molecule has 0 radical (unpaired) electrons. The number of allylic oxidation sites excluding steroid dienone is 1. The van der Waals surface area contributed by atoms with Crippen molar-refractivity contribution < 1.29 is 19.1 Å². The van der Waals surface area contributed by atoms with Gasteiger partial charge in [-0.1, -0.05) is 30.3 Å². The number of Topliss-reactive ketones (excluding diaryl/α,β-unsaturated/α-hetero) is 1. The smallest absolute Gasteiger partial charge is 0.235 e. The Balaban J connectivity index is 1.47. The summed E-state index contributed by atoms with van der Waals surface area (Å²) in [6.07, 6.45) is 7.07. The molecule has 0 saturated heterocycles. The number of aromatic hydroxyl groups is 1. The molecule has 2 aromatic carbocycles. The van der Waals surface area contributed by atoms with Crippen molar-refractivity contribution in [3.63, 3.8) is 0 Å². The van der Waals surface area contributed by atoms with Gasteiger partial charge < -0.3 is 18.8 Å². The van der Waals surface area contributed by atoms with E-state index in [1.807, 2.05) is 60.3 Å². The van der Waals surface area contributed by atoms with Gasteiger partial charge in [-0.25, -0.2) is 4.98 Å². The van der Waals surface area contributed by atoms with Crippen molar-refractivity contribution in [3.05, 3.63) is 96.2 Å². The number of phenols is 1. The summed E-state index contributed by atoms with van der Waals surface area (Å²) in [5.74, 6) is 0.915. The molecular weight excluding hydrogens is 416 g/mol. The number of aryl methyl sites for hydroxylation is 1. The number of ketones is 1. The van der Waals surface area contributed by atoms with Crippen molar-refractivity contribution in [2.24, 2.45) is 7.05 Å².